The normalized spacial score (nSPS) is 11.9. The number of aliphatic imine (C=N–C) groups is 1. The van der Waals surface area contributed by atoms with Crippen molar-refractivity contribution in [2.45, 2.75) is 13.3 Å². The number of rotatable bonds is 9. The van der Waals surface area contributed by atoms with Gasteiger partial charge in [0, 0.05) is 12.0 Å². The van der Waals surface area contributed by atoms with E-state index in [9.17, 15) is 4.79 Å². The fraction of sp³-hybridized carbons (Fsp3) is 0.167. The molecule has 35 heavy (non-hydrogen) atoms. The number of carbonyl (C=O) groups excluding carboxylic acids is 1. The Kier molecular flexibility index (Phi) is 7.26. The van der Waals surface area contributed by atoms with E-state index in [2.05, 4.69) is 40.7 Å². The van der Waals surface area contributed by atoms with Crippen LogP contribution >= 0.6 is 0 Å². The molecule has 0 aliphatic heterocycles. The molecule has 3 N–H and O–H groups in total. The number of methoxy groups -OCH3 is 2. The van der Waals surface area contributed by atoms with E-state index in [1.54, 1.807) is 32.4 Å². The first-order valence-electron chi connectivity index (χ1n) is 10.6. The van der Waals surface area contributed by atoms with Crippen molar-refractivity contribution in [3.63, 3.8) is 0 Å². The molecule has 0 saturated carbocycles. The summed E-state index contributed by atoms with van der Waals surface area (Å²) in [5.41, 5.74) is 3.75. The van der Waals surface area contributed by atoms with Gasteiger partial charge in [-0.15, -0.1) is 0 Å². The Hall–Kier alpha value is -4.80. The number of aryl methyl sites for hydroxylation is 1. The minimum absolute atomic E-state index is 0.193. The molecular formula is C24H24N8O3. The first kappa shape index (κ1) is 23.4. The molecule has 0 saturated heterocycles. The number of benzene rings is 2. The van der Waals surface area contributed by atoms with E-state index in [0.717, 1.165) is 16.7 Å². The van der Waals surface area contributed by atoms with Gasteiger partial charge in [0.15, 0.2) is 11.5 Å². The summed E-state index contributed by atoms with van der Waals surface area (Å²) in [5.74, 6) is 1.34. The molecule has 0 radical (unpaired) electrons. The van der Waals surface area contributed by atoms with E-state index in [1.165, 1.54) is 12.7 Å². The molecule has 0 spiro atoms. The Labute approximate surface area is 201 Å². The molecule has 2 heterocycles. The third-order valence-corrected chi connectivity index (χ3v) is 5.07. The van der Waals surface area contributed by atoms with Crippen LogP contribution < -0.4 is 14.8 Å². The number of ether oxygens (including phenoxy) is 2. The van der Waals surface area contributed by atoms with Gasteiger partial charge in [0.25, 0.3) is 5.91 Å². The number of nitrogens with zero attached hydrogens (tertiary/aromatic N) is 5. The summed E-state index contributed by atoms with van der Waals surface area (Å²) in [7, 11) is 3.12. The predicted molar refractivity (Wildman–Crippen MR) is 131 cm³/mol. The van der Waals surface area contributed by atoms with Gasteiger partial charge in [-0.25, -0.2) is 15.2 Å². The summed E-state index contributed by atoms with van der Waals surface area (Å²) < 4.78 is 10.7. The lowest BCUT2D eigenvalue weighted by molar-refractivity contribution is -0.112. The lowest BCUT2D eigenvalue weighted by atomic mass is 9.98. The topological polar surface area (TPSA) is 143 Å². The second kappa shape index (κ2) is 10.9. The average molecular weight is 473 g/mol. The molecule has 4 aromatic rings. The van der Waals surface area contributed by atoms with Gasteiger partial charge in [0.05, 0.1) is 19.9 Å². The van der Waals surface area contributed by atoms with Gasteiger partial charge in [-0.1, -0.05) is 35.9 Å². The molecule has 2 aromatic carbocycles. The molecule has 0 bridgehead atoms. The summed E-state index contributed by atoms with van der Waals surface area (Å²) in [6, 6.07) is 13.3. The highest BCUT2D eigenvalue weighted by atomic mass is 16.5. The minimum atomic E-state index is -0.367. The van der Waals surface area contributed by atoms with Gasteiger partial charge >= 0.3 is 0 Å². The van der Waals surface area contributed by atoms with Crippen LogP contribution in [-0.2, 0) is 4.79 Å². The molecule has 11 heteroatoms. The molecular weight excluding hydrogens is 448 g/mol. The molecule has 2 aromatic heterocycles. The molecule has 0 fully saturated rings. The number of carbonyl (C=O) groups is 1. The van der Waals surface area contributed by atoms with Crippen molar-refractivity contribution < 1.29 is 14.3 Å². The first-order chi connectivity index (χ1) is 17.1. The molecule has 1 amide bonds. The van der Waals surface area contributed by atoms with Crippen LogP contribution in [0.15, 0.2) is 65.7 Å². The number of H-pyrrole nitrogens is 2. The van der Waals surface area contributed by atoms with Gasteiger partial charge < -0.3 is 9.47 Å². The summed E-state index contributed by atoms with van der Waals surface area (Å²) >= 11 is 0. The summed E-state index contributed by atoms with van der Waals surface area (Å²) in [6.45, 7) is 2.00. The number of aromatic nitrogens is 6. The first-order valence-corrected chi connectivity index (χ1v) is 10.6. The number of aromatic amines is 2. The lowest BCUT2D eigenvalue weighted by Crippen LogP contribution is -2.18. The highest BCUT2D eigenvalue weighted by molar-refractivity contribution is 6.13. The van der Waals surface area contributed by atoms with Crippen LogP contribution in [0.2, 0.25) is 0 Å². The van der Waals surface area contributed by atoms with Gasteiger partial charge in [0.2, 0.25) is 11.9 Å². The molecule has 0 aliphatic rings. The third kappa shape index (κ3) is 5.96. The van der Waals surface area contributed by atoms with Crippen LogP contribution in [-0.4, -0.2) is 56.2 Å². The van der Waals surface area contributed by atoms with Gasteiger partial charge in [0.1, 0.15) is 12.7 Å². The molecule has 0 aliphatic carbocycles. The zero-order valence-electron chi connectivity index (χ0n) is 19.4. The third-order valence-electron chi connectivity index (χ3n) is 5.07. The van der Waals surface area contributed by atoms with E-state index in [0.29, 0.717) is 28.7 Å². The van der Waals surface area contributed by atoms with Crippen LogP contribution in [0, 0.1) is 6.92 Å². The minimum Gasteiger partial charge on any atom is -0.493 e. The SMILES string of the molecule is COc1ccc(/C=C(/C/C(=N\c2ncn[nH]2)c2ccc(C)cc2)C(=O)Nc2ncn[nH]2)cc1OC. The van der Waals surface area contributed by atoms with Gasteiger partial charge in [-0.05, 0) is 36.3 Å². The Morgan fingerprint density at radius 3 is 2.40 bits per heavy atom. The zero-order chi connectivity index (χ0) is 24.6. The van der Waals surface area contributed by atoms with E-state index in [4.69, 9.17) is 9.47 Å². The smallest absolute Gasteiger partial charge is 0.254 e. The largest absolute Gasteiger partial charge is 0.493 e. The number of amides is 1. The Balaban J connectivity index is 1.75. The van der Waals surface area contributed by atoms with Crippen molar-refractivity contribution in [3.8, 4) is 11.5 Å². The van der Waals surface area contributed by atoms with E-state index < -0.39 is 0 Å². The maximum atomic E-state index is 13.3. The fourth-order valence-electron chi connectivity index (χ4n) is 3.31. The van der Waals surface area contributed by atoms with Crippen LogP contribution in [0.1, 0.15) is 23.1 Å². The summed E-state index contributed by atoms with van der Waals surface area (Å²) in [4.78, 5) is 26.0. The van der Waals surface area contributed by atoms with Crippen molar-refractivity contribution in [2.75, 3.05) is 19.5 Å². The average Bonchev–Trinajstić information content (AvgIpc) is 3.58. The van der Waals surface area contributed by atoms with Gasteiger partial charge in [-0.3, -0.25) is 10.1 Å². The summed E-state index contributed by atoms with van der Waals surface area (Å²) in [5, 5.41) is 15.8. The second-order valence-electron chi connectivity index (χ2n) is 7.48. The van der Waals surface area contributed by atoms with Crippen LogP contribution in [0.25, 0.3) is 6.08 Å². The van der Waals surface area contributed by atoms with Gasteiger partial charge in [-0.2, -0.15) is 20.2 Å². The number of hydrogen-bond acceptors (Lipinski definition) is 8. The maximum Gasteiger partial charge on any atom is 0.254 e. The highest BCUT2D eigenvalue weighted by Crippen LogP contribution is 2.29. The van der Waals surface area contributed by atoms with Crippen molar-refractivity contribution in [2.24, 2.45) is 4.99 Å². The van der Waals surface area contributed by atoms with Crippen molar-refractivity contribution >= 4 is 29.6 Å². The zero-order valence-corrected chi connectivity index (χ0v) is 19.4. The van der Waals surface area contributed by atoms with Crippen LogP contribution in [0.5, 0.6) is 11.5 Å². The van der Waals surface area contributed by atoms with E-state index in [-0.39, 0.29) is 18.3 Å². The monoisotopic (exact) mass is 472 g/mol. The Morgan fingerprint density at radius 1 is 1.00 bits per heavy atom. The number of nitrogens with one attached hydrogen (secondary N) is 3. The number of hydrogen-bond donors (Lipinski definition) is 3. The predicted octanol–water partition coefficient (Wildman–Crippen LogP) is 3.48. The van der Waals surface area contributed by atoms with E-state index >= 15 is 0 Å². The fourth-order valence-corrected chi connectivity index (χ4v) is 3.31. The van der Waals surface area contributed by atoms with Crippen LogP contribution in [0.4, 0.5) is 11.9 Å². The molecule has 4 rings (SSSR count). The molecule has 0 unspecified atom stereocenters. The molecule has 178 valence electrons. The Morgan fingerprint density at radius 2 is 1.74 bits per heavy atom. The second-order valence-corrected chi connectivity index (χ2v) is 7.48. The standard InChI is InChI=1S/C24H24N8O3/c1-15-4-7-17(8-5-15)19(29-23-25-13-27-31-23)12-18(22(33)30-24-26-14-28-32-24)10-16-6-9-20(34-2)21(11-16)35-3/h4-11,13-14H,12H2,1-3H3,(H,25,27,31)(H2,26,28,30,32,33)/b18-10-,29-19+. The lowest BCUT2D eigenvalue weighted by Gasteiger charge is -2.12. The van der Waals surface area contributed by atoms with Crippen molar-refractivity contribution in [1.29, 1.82) is 0 Å². The number of anilines is 1. The summed E-state index contributed by atoms with van der Waals surface area (Å²) in [6.07, 6.45) is 4.65. The maximum absolute atomic E-state index is 13.3. The van der Waals surface area contributed by atoms with E-state index in [1.807, 2.05) is 37.3 Å². The quantitative estimate of drug-likeness (QED) is 0.250. The van der Waals surface area contributed by atoms with Crippen LogP contribution in [0.3, 0.4) is 0 Å². The van der Waals surface area contributed by atoms with Crippen molar-refractivity contribution in [1.82, 2.24) is 30.4 Å². The Bertz CT molecular complexity index is 1330. The van der Waals surface area contributed by atoms with Crippen molar-refractivity contribution in [3.05, 3.63) is 77.4 Å². The molecule has 11 nitrogen and oxygen atoms in total. The highest BCUT2D eigenvalue weighted by Gasteiger charge is 2.17. The molecule has 0 atom stereocenters.